The van der Waals surface area contributed by atoms with Crippen LogP contribution in [0.5, 0.6) is 0 Å². The molecular formula is C17H18N4S2. The molecule has 6 heteroatoms. The lowest BCUT2D eigenvalue weighted by Crippen LogP contribution is -2.04. The first kappa shape index (κ1) is 16.2. The van der Waals surface area contributed by atoms with Crippen molar-refractivity contribution >= 4 is 29.3 Å². The summed E-state index contributed by atoms with van der Waals surface area (Å²) >= 11 is 3.24. The average molecular weight is 342 g/mol. The number of nitrogens with two attached hydrogens (primary N) is 1. The molecule has 118 valence electrons. The number of hydrogen-bond donors (Lipinski definition) is 1. The van der Waals surface area contributed by atoms with E-state index in [-0.39, 0.29) is 0 Å². The third kappa shape index (κ3) is 4.18. The SMILES string of the molecule is N#Cc1c(N)nc(SC2CCCC2)nc1SCc1ccccc1. The molecular weight excluding hydrogens is 324 g/mol. The smallest absolute Gasteiger partial charge is 0.190 e. The Morgan fingerprint density at radius 1 is 1.17 bits per heavy atom. The Kier molecular flexibility index (Phi) is 5.42. The van der Waals surface area contributed by atoms with E-state index in [2.05, 4.69) is 28.2 Å². The van der Waals surface area contributed by atoms with Crippen LogP contribution in [-0.4, -0.2) is 15.2 Å². The molecule has 0 amide bonds. The Morgan fingerprint density at radius 2 is 1.91 bits per heavy atom. The summed E-state index contributed by atoms with van der Waals surface area (Å²) < 4.78 is 0. The van der Waals surface area contributed by atoms with Crippen LogP contribution in [0.2, 0.25) is 0 Å². The van der Waals surface area contributed by atoms with Crippen LogP contribution < -0.4 is 5.73 Å². The van der Waals surface area contributed by atoms with Gasteiger partial charge >= 0.3 is 0 Å². The first-order valence-corrected chi connectivity index (χ1v) is 9.54. The van der Waals surface area contributed by atoms with Crippen LogP contribution in [0.3, 0.4) is 0 Å². The predicted molar refractivity (Wildman–Crippen MR) is 95.3 cm³/mol. The van der Waals surface area contributed by atoms with Crippen molar-refractivity contribution in [2.75, 3.05) is 5.73 Å². The molecule has 1 fully saturated rings. The van der Waals surface area contributed by atoms with E-state index in [9.17, 15) is 5.26 Å². The molecule has 3 rings (SSSR count). The molecule has 0 spiro atoms. The highest BCUT2D eigenvalue weighted by atomic mass is 32.2. The fourth-order valence-corrected chi connectivity index (χ4v) is 4.74. The van der Waals surface area contributed by atoms with Crippen molar-refractivity contribution < 1.29 is 0 Å². The lowest BCUT2D eigenvalue weighted by atomic mass is 10.2. The first-order valence-electron chi connectivity index (χ1n) is 7.67. The van der Waals surface area contributed by atoms with Gasteiger partial charge in [-0.1, -0.05) is 54.9 Å². The quantitative estimate of drug-likeness (QED) is 0.497. The molecule has 0 radical (unpaired) electrons. The van der Waals surface area contributed by atoms with Gasteiger partial charge in [-0.2, -0.15) is 5.26 Å². The molecule has 1 aromatic carbocycles. The highest BCUT2D eigenvalue weighted by molar-refractivity contribution is 8.00. The van der Waals surface area contributed by atoms with E-state index in [4.69, 9.17) is 5.73 Å². The minimum absolute atomic E-state index is 0.290. The summed E-state index contributed by atoms with van der Waals surface area (Å²) in [6, 6.07) is 12.3. The number of benzene rings is 1. The Labute approximate surface area is 144 Å². The summed E-state index contributed by atoms with van der Waals surface area (Å²) in [5.74, 6) is 1.05. The van der Waals surface area contributed by atoms with Crippen LogP contribution in [-0.2, 0) is 5.75 Å². The molecule has 2 aromatic rings. The van der Waals surface area contributed by atoms with Crippen molar-refractivity contribution in [2.45, 2.75) is 46.9 Å². The second kappa shape index (κ2) is 7.71. The zero-order valence-electron chi connectivity index (χ0n) is 12.7. The van der Waals surface area contributed by atoms with Gasteiger partial charge in [0.15, 0.2) is 5.16 Å². The van der Waals surface area contributed by atoms with E-state index in [0.717, 1.165) is 5.75 Å². The Morgan fingerprint density at radius 3 is 2.61 bits per heavy atom. The second-order valence-corrected chi connectivity index (χ2v) is 7.71. The topological polar surface area (TPSA) is 75.6 Å². The normalized spacial score (nSPS) is 14.7. The number of nitriles is 1. The number of nitrogen functional groups attached to an aromatic ring is 1. The van der Waals surface area contributed by atoms with Crippen LogP contribution in [0.25, 0.3) is 0 Å². The summed E-state index contributed by atoms with van der Waals surface area (Å²) in [4.78, 5) is 8.91. The van der Waals surface area contributed by atoms with Gasteiger partial charge in [0.2, 0.25) is 0 Å². The van der Waals surface area contributed by atoms with Gasteiger partial charge in [-0.3, -0.25) is 0 Å². The maximum Gasteiger partial charge on any atom is 0.190 e. The Balaban J connectivity index is 1.78. The number of thioether (sulfide) groups is 2. The number of anilines is 1. The second-order valence-electron chi connectivity index (χ2n) is 5.48. The maximum absolute atomic E-state index is 9.34. The number of rotatable bonds is 5. The van der Waals surface area contributed by atoms with E-state index in [1.165, 1.54) is 31.2 Å². The number of hydrogen-bond acceptors (Lipinski definition) is 6. The minimum Gasteiger partial charge on any atom is -0.382 e. The molecule has 0 bridgehead atoms. The zero-order valence-corrected chi connectivity index (χ0v) is 14.4. The predicted octanol–water partition coefficient (Wildman–Crippen LogP) is 4.26. The fourth-order valence-electron chi connectivity index (χ4n) is 2.58. The lowest BCUT2D eigenvalue weighted by Gasteiger charge is -2.11. The molecule has 0 saturated heterocycles. The highest BCUT2D eigenvalue weighted by Gasteiger charge is 2.20. The summed E-state index contributed by atoms with van der Waals surface area (Å²) in [7, 11) is 0. The molecule has 1 saturated carbocycles. The van der Waals surface area contributed by atoms with Crippen LogP contribution in [0, 0.1) is 11.3 Å². The van der Waals surface area contributed by atoms with Gasteiger partial charge in [0, 0.05) is 11.0 Å². The summed E-state index contributed by atoms with van der Waals surface area (Å²) in [5.41, 5.74) is 7.56. The van der Waals surface area contributed by atoms with Gasteiger partial charge in [0.25, 0.3) is 0 Å². The van der Waals surface area contributed by atoms with Gasteiger partial charge in [-0.05, 0) is 18.4 Å². The first-order chi connectivity index (χ1) is 11.3. The van der Waals surface area contributed by atoms with Gasteiger partial charge in [-0.25, -0.2) is 9.97 Å². The highest BCUT2D eigenvalue weighted by Crippen LogP contribution is 2.35. The fraction of sp³-hybridized carbons (Fsp3) is 0.353. The van der Waals surface area contributed by atoms with Crippen molar-refractivity contribution in [2.24, 2.45) is 0 Å². The van der Waals surface area contributed by atoms with Gasteiger partial charge in [0.05, 0.1) is 0 Å². The maximum atomic E-state index is 9.34. The third-order valence-electron chi connectivity index (χ3n) is 3.79. The van der Waals surface area contributed by atoms with Crippen molar-refractivity contribution in [3.63, 3.8) is 0 Å². The molecule has 0 atom stereocenters. The molecule has 0 unspecified atom stereocenters. The van der Waals surface area contributed by atoms with Crippen LogP contribution in [0.15, 0.2) is 40.5 Å². The molecule has 4 nitrogen and oxygen atoms in total. The molecule has 1 aliphatic carbocycles. The van der Waals surface area contributed by atoms with Crippen molar-refractivity contribution in [1.29, 1.82) is 5.26 Å². The summed E-state index contributed by atoms with van der Waals surface area (Å²) in [5, 5.41) is 11.3. The molecule has 0 aliphatic heterocycles. The Bertz CT molecular complexity index is 707. The monoisotopic (exact) mass is 342 g/mol. The van der Waals surface area contributed by atoms with E-state index in [1.807, 2.05) is 18.2 Å². The minimum atomic E-state index is 0.290. The van der Waals surface area contributed by atoms with Crippen LogP contribution >= 0.6 is 23.5 Å². The van der Waals surface area contributed by atoms with Crippen molar-refractivity contribution in [1.82, 2.24) is 9.97 Å². The van der Waals surface area contributed by atoms with Crippen molar-refractivity contribution in [3.05, 3.63) is 41.5 Å². The van der Waals surface area contributed by atoms with Crippen LogP contribution in [0.4, 0.5) is 5.82 Å². The Hall–Kier alpha value is -1.71. The molecule has 1 aliphatic rings. The molecule has 1 aromatic heterocycles. The van der Waals surface area contributed by atoms with E-state index in [1.54, 1.807) is 23.5 Å². The van der Waals surface area contributed by atoms with Gasteiger partial charge < -0.3 is 5.73 Å². The zero-order chi connectivity index (χ0) is 16.1. The third-order valence-corrected chi connectivity index (χ3v) is 6.03. The summed E-state index contributed by atoms with van der Waals surface area (Å²) in [6.07, 6.45) is 4.97. The molecule has 1 heterocycles. The van der Waals surface area contributed by atoms with Gasteiger partial charge in [-0.15, -0.1) is 11.8 Å². The van der Waals surface area contributed by atoms with E-state index >= 15 is 0 Å². The molecule has 23 heavy (non-hydrogen) atoms. The van der Waals surface area contributed by atoms with E-state index in [0.29, 0.717) is 26.8 Å². The number of aromatic nitrogens is 2. The molecule has 2 N–H and O–H groups in total. The van der Waals surface area contributed by atoms with Crippen LogP contribution in [0.1, 0.15) is 36.8 Å². The average Bonchev–Trinajstić information content (AvgIpc) is 3.06. The largest absolute Gasteiger partial charge is 0.382 e. The summed E-state index contributed by atoms with van der Waals surface area (Å²) in [6.45, 7) is 0. The van der Waals surface area contributed by atoms with E-state index < -0.39 is 0 Å². The standard InChI is InChI=1S/C17H18N4S2/c18-10-14-15(19)20-17(23-13-8-4-5-9-13)21-16(14)22-11-12-6-2-1-3-7-12/h1-3,6-7,13H,4-5,8-9,11H2,(H2,19,20,21). The lowest BCUT2D eigenvalue weighted by molar-refractivity contribution is 0.857. The van der Waals surface area contributed by atoms with Gasteiger partial charge in [0.1, 0.15) is 22.5 Å². The van der Waals surface area contributed by atoms with Crippen molar-refractivity contribution in [3.8, 4) is 6.07 Å². The number of nitrogens with zero attached hydrogens (tertiary/aromatic N) is 3.